The minimum absolute atomic E-state index is 0.0674. The molecule has 3 nitrogen and oxygen atoms in total. The maximum atomic E-state index is 12.3. The largest absolute Gasteiger partial charge is 0.391 e. The summed E-state index contributed by atoms with van der Waals surface area (Å²) in [5.41, 5.74) is 0.800. The van der Waals surface area contributed by atoms with Crippen molar-refractivity contribution in [2.45, 2.75) is 33.3 Å². The molecule has 1 aliphatic heterocycles. The normalized spacial score (nSPS) is 25.1. The predicted octanol–water partition coefficient (Wildman–Crippen LogP) is 2.21. The fourth-order valence-corrected chi connectivity index (χ4v) is 3.16. The Bertz CT molecular complexity index is 427. The highest BCUT2D eigenvalue weighted by Gasteiger charge is 2.28. The summed E-state index contributed by atoms with van der Waals surface area (Å²) >= 11 is 1.65. The minimum Gasteiger partial charge on any atom is -0.391 e. The highest BCUT2D eigenvalue weighted by Crippen LogP contribution is 2.24. The number of hydrogen-bond donors (Lipinski definition) is 1. The van der Waals surface area contributed by atoms with Crippen LogP contribution >= 0.6 is 11.3 Å². The van der Waals surface area contributed by atoms with Crippen molar-refractivity contribution in [3.8, 4) is 0 Å². The number of hydrogen-bond acceptors (Lipinski definition) is 3. The van der Waals surface area contributed by atoms with Crippen LogP contribution in [0, 0.1) is 19.8 Å². The second-order valence-electron chi connectivity index (χ2n) is 4.91. The van der Waals surface area contributed by atoms with Crippen LogP contribution in [0.2, 0.25) is 0 Å². The van der Waals surface area contributed by atoms with Crippen LogP contribution in [0.25, 0.3) is 0 Å². The number of thiophene rings is 1. The van der Waals surface area contributed by atoms with Crippen molar-refractivity contribution in [3.63, 3.8) is 0 Å². The van der Waals surface area contributed by atoms with E-state index in [0.29, 0.717) is 12.5 Å². The summed E-state index contributed by atoms with van der Waals surface area (Å²) in [5, 5.41) is 9.83. The molecule has 1 aromatic rings. The summed E-state index contributed by atoms with van der Waals surface area (Å²) in [5.74, 6) is 0.363. The molecular weight excluding hydrogens is 234 g/mol. The van der Waals surface area contributed by atoms with Crippen LogP contribution in [-0.2, 0) is 0 Å². The molecule has 2 rings (SSSR count). The topological polar surface area (TPSA) is 40.5 Å². The van der Waals surface area contributed by atoms with Gasteiger partial charge in [-0.2, -0.15) is 0 Å². The Kier molecular flexibility index (Phi) is 3.54. The predicted molar refractivity (Wildman–Crippen MR) is 69.5 cm³/mol. The zero-order chi connectivity index (χ0) is 12.6. The first kappa shape index (κ1) is 12.6. The van der Waals surface area contributed by atoms with Crippen LogP contribution in [-0.4, -0.2) is 35.1 Å². The molecule has 2 heterocycles. The van der Waals surface area contributed by atoms with Gasteiger partial charge in [-0.15, -0.1) is 11.3 Å². The Hall–Kier alpha value is -0.870. The molecule has 1 amide bonds. The summed E-state index contributed by atoms with van der Waals surface area (Å²) < 4.78 is 0. The molecule has 17 heavy (non-hydrogen) atoms. The number of aliphatic hydroxyl groups is 1. The van der Waals surface area contributed by atoms with E-state index in [0.717, 1.165) is 28.3 Å². The smallest absolute Gasteiger partial charge is 0.255 e. The third-order valence-electron chi connectivity index (χ3n) is 3.48. The van der Waals surface area contributed by atoms with Crippen molar-refractivity contribution in [1.82, 2.24) is 4.90 Å². The van der Waals surface area contributed by atoms with E-state index in [4.69, 9.17) is 0 Å². The van der Waals surface area contributed by atoms with Crippen molar-refractivity contribution >= 4 is 17.2 Å². The van der Waals surface area contributed by atoms with Crippen LogP contribution in [0.5, 0.6) is 0 Å². The summed E-state index contributed by atoms with van der Waals surface area (Å²) in [6.07, 6.45) is 0.502. The second-order valence-corrected chi connectivity index (χ2v) is 6.37. The average molecular weight is 253 g/mol. The van der Waals surface area contributed by atoms with Gasteiger partial charge in [-0.05, 0) is 32.3 Å². The first-order chi connectivity index (χ1) is 7.99. The summed E-state index contributed by atoms with van der Waals surface area (Å²) in [7, 11) is 0. The number of nitrogens with zero attached hydrogens (tertiary/aromatic N) is 1. The van der Waals surface area contributed by atoms with E-state index in [1.54, 1.807) is 16.2 Å². The molecular formula is C13H19NO2S. The molecule has 0 aliphatic carbocycles. The first-order valence-corrected chi connectivity index (χ1v) is 6.85. The number of amides is 1. The summed E-state index contributed by atoms with van der Waals surface area (Å²) in [6.45, 7) is 7.25. The fourth-order valence-electron chi connectivity index (χ4n) is 2.25. The van der Waals surface area contributed by atoms with Crippen molar-refractivity contribution in [1.29, 1.82) is 0 Å². The summed E-state index contributed by atoms with van der Waals surface area (Å²) in [4.78, 5) is 16.3. The molecule has 0 radical (unpaired) electrons. The quantitative estimate of drug-likeness (QED) is 0.833. The van der Waals surface area contributed by atoms with Crippen LogP contribution in [0.4, 0.5) is 0 Å². The Morgan fingerprint density at radius 3 is 2.76 bits per heavy atom. The SMILES string of the molecule is Cc1cc(C(=O)N2CCC(C)C(O)C2)c(C)s1. The van der Waals surface area contributed by atoms with Gasteiger partial charge >= 0.3 is 0 Å². The first-order valence-electron chi connectivity index (χ1n) is 6.03. The number of β-amino-alcohol motifs (C(OH)–C–C–N with tert-alkyl or cyclic N) is 1. The zero-order valence-electron chi connectivity index (χ0n) is 10.6. The molecule has 1 saturated heterocycles. The molecule has 0 saturated carbocycles. The standard InChI is InChI=1S/C13H19NO2S/c1-8-4-5-14(7-12(8)15)13(16)11-6-9(2)17-10(11)3/h6,8,12,15H,4-5,7H2,1-3H3. The fraction of sp³-hybridized carbons (Fsp3) is 0.615. The van der Waals surface area contributed by atoms with Gasteiger partial charge < -0.3 is 10.0 Å². The van der Waals surface area contributed by atoms with E-state index in [2.05, 4.69) is 0 Å². The molecule has 4 heteroatoms. The van der Waals surface area contributed by atoms with Crippen LogP contribution in [0.3, 0.4) is 0 Å². The van der Waals surface area contributed by atoms with E-state index >= 15 is 0 Å². The van der Waals surface area contributed by atoms with Crippen molar-refractivity contribution < 1.29 is 9.90 Å². The van der Waals surface area contributed by atoms with Crippen molar-refractivity contribution in [2.24, 2.45) is 5.92 Å². The lowest BCUT2D eigenvalue weighted by molar-refractivity contribution is 0.0248. The summed E-state index contributed by atoms with van der Waals surface area (Å²) in [6, 6.07) is 1.95. The van der Waals surface area contributed by atoms with Crippen molar-refractivity contribution in [3.05, 3.63) is 21.4 Å². The molecule has 1 N–H and O–H groups in total. The van der Waals surface area contributed by atoms with E-state index < -0.39 is 0 Å². The Balaban J connectivity index is 2.13. The van der Waals surface area contributed by atoms with Gasteiger partial charge in [0.25, 0.3) is 5.91 Å². The molecule has 0 spiro atoms. The lowest BCUT2D eigenvalue weighted by Crippen LogP contribution is -2.45. The maximum Gasteiger partial charge on any atom is 0.255 e. The van der Waals surface area contributed by atoms with Gasteiger partial charge in [0.05, 0.1) is 11.7 Å². The van der Waals surface area contributed by atoms with E-state index in [1.807, 2.05) is 26.8 Å². The third-order valence-corrected chi connectivity index (χ3v) is 4.44. The van der Waals surface area contributed by atoms with Gasteiger partial charge in [-0.25, -0.2) is 0 Å². The molecule has 2 unspecified atom stereocenters. The maximum absolute atomic E-state index is 12.3. The molecule has 1 aliphatic rings. The van der Waals surface area contributed by atoms with Gasteiger partial charge in [0.1, 0.15) is 0 Å². The third kappa shape index (κ3) is 2.53. The molecule has 0 bridgehead atoms. The lowest BCUT2D eigenvalue weighted by atomic mass is 9.95. The van der Waals surface area contributed by atoms with Gasteiger partial charge in [-0.3, -0.25) is 4.79 Å². The molecule has 94 valence electrons. The Morgan fingerprint density at radius 2 is 2.24 bits per heavy atom. The average Bonchev–Trinajstić information content (AvgIpc) is 2.61. The van der Waals surface area contributed by atoms with E-state index in [1.165, 1.54) is 0 Å². The highest BCUT2D eigenvalue weighted by molar-refractivity contribution is 7.12. The minimum atomic E-state index is -0.382. The molecule has 1 aromatic heterocycles. The van der Waals surface area contributed by atoms with E-state index in [-0.39, 0.29) is 12.0 Å². The Morgan fingerprint density at radius 1 is 1.53 bits per heavy atom. The van der Waals surface area contributed by atoms with Gasteiger partial charge in [0, 0.05) is 22.8 Å². The van der Waals surface area contributed by atoms with Gasteiger partial charge in [0.15, 0.2) is 0 Å². The number of rotatable bonds is 1. The number of carbonyl (C=O) groups is 1. The highest BCUT2D eigenvalue weighted by atomic mass is 32.1. The van der Waals surface area contributed by atoms with Gasteiger partial charge in [-0.1, -0.05) is 6.92 Å². The van der Waals surface area contributed by atoms with Crippen LogP contribution in [0.15, 0.2) is 6.07 Å². The molecule has 1 fully saturated rings. The number of likely N-dealkylation sites (tertiary alicyclic amines) is 1. The number of carbonyl (C=O) groups excluding carboxylic acids is 1. The van der Waals surface area contributed by atoms with Crippen LogP contribution < -0.4 is 0 Å². The zero-order valence-corrected chi connectivity index (χ0v) is 11.4. The lowest BCUT2D eigenvalue weighted by Gasteiger charge is -2.34. The second kappa shape index (κ2) is 4.78. The molecule has 2 atom stereocenters. The van der Waals surface area contributed by atoms with E-state index in [9.17, 15) is 9.90 Å². The number of aryl methyl sites for hydroxylation is 2. The van der Waals surface area contributed by atoms with Crippen LogP contribution in [0.1, 0.15) is 33.5 Å². The molecule has 0 aromatic carbocycles. The number of aliphatic hydroxyl groups excluding tert-OH is 1. The monoisotopic (exact) mass is 253 g/mol. The number of piperidine rings is 1. The van der Waals surface area contributed by atoms with Crippen molar-refractivity contribution in [2.75, 3.05) is 13.1 Å². The Labute approximate surface area is 106 Å². The van der Waals surface area contributed by atoms with Gasteiger partial charge in [0.2, 0.25) is 0 Å².